The molecule has 2 aromatic heterocycles. The Kier molecular flexibility index (Phi) is 3.05. The fourth-order valence-electron chi connectivity index (χ4n) is 2.85. The third kappa shape index (κ3) is 2.14. The Labute approximate surface area is 132 Å². The van der Waals surface area contributed by atoms with Crippen LogP contribution >= 0.6 is 0 Å². The first kappa shape index (κ1) is 13.5. The molecule has 0 amide bonds. The average Bonchev–Trinajstić information content (AvgIpc) is 2.95. The second kappa shape index (κ2) is 5.21. The molecule has 0 aliphatic rings. The molecular formula is C18H14N4O. The predicted molar refractivity (Wildman–Crippen MR) is 90.0 cm³/mol. The lowest BCUT2D eigenvalue weighted by molar-refractivity contribution is 0.786. The maximum absolute atomic E-state index is 12.2. The van der Waals surface area contributed by atoms with Crippen molar-refractivity contribution >= 4 is 10.9 Å². The first-order valence-corrected chi connectivity index (χ1v) is 7.32. The lowest BCUT2D eigenvalue weighted by Crippen LogP contribution is -2.09. The summed E-state index contributed by atoms with van der Waals surface area (Å²) in [5.74, 6) is 0. The highest BCUT2D eigenvalue weighted by atomic mass is 16.1. The van der Waals surface area contributed by atoms with Crippen LogP contribution in [0.15, 0.2) is 65.5 Å². The largest absolute Gasteiger partial charge is 0.292 e. The standard InChI is InChI=1S/C18H14N4O/c1-22-17(13-10-6-3-7-11-13)14-15(12-8-4-2-5-9-12)19-20-18(23)16(14)21-22/h2-11H,1H3,(H,20,23). The van der Waals surface area contributed by atoms with Gasteiger partial charge in [0.1, 0.15) is 5.69 Å². The van der Waals surface area contributed by atoms with E-state index >= 15 is 0 Å². The van der Waals surface area contributed by atoms with Gasteiger partial charge in [-0.15, -0.1) is 0 Å². The molecule has 0 unspecified atom stereocenters. The molecule has 23 heavy (non-hydrogen) atoms. The molecule has 4 rings (SSSR count). The number of nitrogens with one attached hydrogen (secondary N) is 1. The van der Waals surface area contributed by atoms with Crippen LogP contribution in [0.3, 0.4) is 0 Å². The van der Waals surface area contributed by atoms with E-state index in [9.17, 15) is 4.79 Å². The Morgan fingerprint density at radius 1 is 0.913 bits per heavy atom. The van der Waals surface area contributed by atoms with Gasteiger partial charge in [-0.3, -0.25) is 9.48 Å². The molecule has 0 bridgehead atoms. The second-order valence-electron chi connectivity index (χ2n) is 5.33. The zero-order chi connectivity index (χ0) is 15.8. The van der Waals surface area contributed by atoms with Gasteiger partial charge >= 0.3 is 0 Å². The van der Waals surface area contributed by atoms with Gasteiger partial charge in [0.2, 0.25) is 0 Å². The summed E-state index contributed by atoms with van der Waals surface area (Å²) in [5.41, 5.74) is 3.68. The van der Waals surface area contributed by atoms with Crippen LogP contribution in [0.5, 0.6) is 0 Å². The van der Waals surface area contributed by atoms with E-state index < -0.39 is 0 Å². The smallest absolute Gasteiger partial charge is 0.266 e. The van der Waals surface area contributed by atoms with Crippen molar-refractivity contribution in [2.45, 2.75) is 0 Å². The normalized spacial score (nSPS) is 11.0. The van der Waals surface area contributed by atoms with E-state index in [0.717, 1.165) is 27.9 Å². The van der Waals surface area contributed by atoms with Gasteiger partial charge in [0, 0.05) is 18.2 Å². The first-order chi connectivity index (χ1) is 11.3. The summed E-state index contributed by atoms with van der Waals surface area (Å²) in [5, 5.41) is 12.0. The number of aromatic amines is 1. The number of nitrogens with zero attached hydrogens (tertiary/aromatic N) is 3. The van der Waals surface area contributed by atoms with Gasteiger partial charge in [0.25, 0.3) is 5.56 Å². The fourth-order valence-corrected chi connectivity index (χ4v) is 2.85. The van der Waals surface area contributed by atoms with Gasteiger partial charge in [-0.2, -0.15) is 10.2 Å². The number of hydrogen-bond acceptors (Lipinski definition) is 3. The highest BCUT2D eigenvalue weighted by molar-refractivity contribution is 6.01. The summed E-state index contributed by atoms with van der Waals surface area (Å²) in [6.07, 6.45) is 0. The van der Waals surface area contributed by atoms with Crippen molar-refractivity contribution < 1.29 is 0 Å². The molecule has 0 aliphatic carbocycles. The number of aromatic nitrogens is 4. The number of aryl methyl sites for hydroxylation is 1. The third-order valence-corrected chi connectivity index (χ3v) is 3.86. The molecule has 1 N–H and O–H groups in total. The molecule has 2 heterocycles. The van der Waals surface area contributed by atoms with Gasteiger partial charge in [-0.1, -0.05) is 60.7 Å². The van der Waals surface area contributed by atoms with Gasteiger partial charge in [-0.05, 0) is 0 Å². The Balaban J connectivity index is 2.14. The van der Waals surface area contributed by atoms with Crippen molar-refractivity contribution in [1.29, 1.82) is 0 Å². The van der Waals surface area contributed by atoms with E-state index in [-0.39, 0.29) is 5.56 Å². The molecule has 0 radical (unpaired) electrons. The molecule has 0 saturated carbocycles. The molecular weight excluding hydrogens is 288 g/mol. The van der Waals surface area contributed by atoms with Crippen molar-refractivity contribution in [2.24, 2.45) is 7.05 Å². The minimum absolute atomic E-state index is 0.280. The Hall–Kier alpha value is -3.21. The van der Waals surface area contributed by atoms with E-state index in [1.54, 1.807) is 4.68 Å². The Morgan fingerprint density at radius 3 is 2.17 bits per heavy atom. The molecule has 0 aliphatic heterocycles. The predicted octanol–water partition coefficient (Wildman–Crippen LogP) is 2.99. The summed E-state index contributed by atoms with van der Waals surface area (Å²) in [6.45, 7) is 0. The van der Waals surface area contributed by atoms with Crippen LogP contribution in [-0.4, -0.2) is 20.0 Å². The Morgan fingerprint density at radius 2 is 1.52 bits per heavy atom. The van der Waals surface area contributed by atoms with Crippen molar-refractivity contribution in [1.82, 2.24) is 20.0 Å². The number of rotatable bonds is 2. The van der Waals surface area contributed by atoms with Crippen LogP contribution in [0, 0.1) is 0 Å². The topological polar surface area (TPSA) is 63.6 Å². The van der Waals surface area contributed by atoms with Crippen molar-refractivity contribution in [3.05, 3.63) is 71.0 Å². The molecule has 0 fully saturated rings. The van der Waals surface area contributed by atoms with Crippen molar-refractivity contribution in [3.63, 3.8) is 0 Å². The van der Waals surface area contributed by atoms with E-state index in [2.05, 4.69) is 15.3 Å². The van der Waals surface area contributed by atoms with Crippen LogP contribution in [0.25, 0.3) is 33.4 Å². The maximum atomic E-state index is 12.2. The Bertz CT molecular complexity index is 1030. The van der Waals surface area contributed by atoms with Crippen LogP contribution < -0.4 is 5.56 Å². The quantitative estimate of drug-likeness (QED) is 0.619. The third-order valence-electron chi connectivity index (χ3n) is 3.86. The number of fused-ring (bicyclic) bond motifs is 1. The minimum atomic E-state index is -0.280. The highest BCUT2D eigenvalue weighted by Crippen LogP contribution is 2.32. The SMILES string of the molecule is Cn1nc2c(=O)[nH]nc(-c3ccccc3)c2c1-c1ccccc1. The fraction of sp³-hybridized carbons (Fsp3) is 0.0556. The van der Waals surface area contributed by atoms with Gasteiger partial charge in [0.15, 0.2) is 5.52 Å². The molecule has 5 nitrogen and oxygen atoms in total. The zero-order valence-electron chi connectivity index (χ0n) is 12.5. The maximum Gasteiger partial charge on any atom is 0.292 e. The van der Waals surface area contributed by atoms with Gasteiger partial charge in [0.05, 0.1) is 11.1 Å². The van der Waals surface area contributed by atoms with Crippen molar-refractivity contribution in [2.75, 3.05) is 0 Å². The number of hydrogen-bond donors (Lipinski definition) is 1. The zero-order valence-corrected chi connectivity index (χ0v) is 12.5. The molecule has 4 aromatic rings. The minimum Gasteiger partial charge on any atom is -0.266 e. The first-order valence-electron chi connectivity index (χ1n) is 7.32. The molecule has 112 valence electrons. The van der Waals surface area contributed by atoms with Gasteiger partial charge in [-0.25, -0.2) is 5.10 Å². The summed E-state index contributed by atoms with van der Waals surface area (Å²) in [7, 11) is 1.84. The second-order valence-corrected chi connectivity index (χ2v) is 5.33. The van der Waals surface area contributed by atoms with Crippen LogP contribution in [-0.2, 0) is 7.05 Å². The lowest BCUT2D eigenvalue weighted by atomic mass is 10.0. The highest BCUT2D eigenvalue weighted by Gasteiger charge is 2.19. The van der Waals surface area contributed by atoms with E-state index in [1.165, 1.54) is 0 Å². The van der Waals surface area contributed by atoms with E-state index in [1.807, 2.05) is 67.7 Å². The molecule has 0 atom stereocenters. The molecule has 0 spiro atoms. The molecule has 0 saturated heterocycles. The van der Waals surface area contributed by atoms with Crippen LogP contribution in [0.2, 0.25) is 0 Å². The van der Waals surface area contributed by atoms with E-state index in [4.69, 9.17) is 0 Å². The summed E-state index contributed by atoms with van der Waals surface area (Å²) in [6, 6.07) is 19.7. The van der Waals surface area contributed by atoms with Gasteiger partial charge < -0.3 is 0 Å². The molecule has 2 aromatic carbocycles. The van der Waals surface area contributed by atoms with Crippen LogP contribution in [0.1, 0.15) is 0 Å². The average molecular weight is 302 g/mol. The van der Waals surface area contributed by atoms with Crippen LogP contribution in [0.4, 0.5) is 0 Å². The molecule has 5 heteroatoms. The van der Waals surface area contributed by atoms with Crippen molar-refractivity contribution in [3.8, 4) is 22.5 Å². The summed E-state index contributed by atoms with van der Waals surface area (Å²) >= 11 is 0. The summed E-state index contributed by atoms with van der Waals surface area (Å²) in [4.78, 5) is 12.2. The van der Waals surface area contributed by atoms with E-state index in [0.29, 0.717) is 5.52 Å². The number of benzene rings is 2. The lowest BCUT2D eigenvalue weighted by Gasteiger charge is -2.06. The number of H-pyrrole nitrogens is 1. The summed E-state index contributed by atoms with van der Waals surface area (Å²) < 4.78 is 1.74. The monoisotopic (exact) mass is 302 g/mol.